The van der Waals surface area contributed by atoms with Crippen LogP contribution in [0.4, 0.5) is 13.2 Å². The molecule has 3 aromatic rings. The second-order valence-electron chi connectivity index (χ2n) is 5.93. The number of methoxy groups -OCH3 is 1. The summed E-state index contributed by atoms with van der Waals surface area (Å²) in [5, 5.41) is 12.6. The molecule has 0 atom stereocenters. The number of aromatic nitrogens is 3. The van der Waals surface area contributed by atoms with Gasteiger partial charge in [0, 0.05) is 17.0 Å². The fraction of sp³-hybridized carbons (Fsp3) is 0.278. The SMILES string of the molecule is COc1cc(O)c(-c2nc(C)nc(C(F)(F)F)c2-c2csc(C)n2)cc1C. The van der Waals surface area contributed by atoms with Gasteiger partial charge >= 0.3 is 6.18 Å². The molecule has 3 rings (SSSR count). The van der Waals surface area contributed by atoms with Gasteiger partial charge in [-0.2, -0.15) is 13.2 Å². The van der Waals surface area contributed by atoms with Gasteiger partial charge in [-0.05, 0) is 32.4 Å². The number of aryl methyl sites for hydroxylation is 3. The highest BCUT2D eigenvalue weighted by Crippen LogP contribution is 2.44. The van der Waals surface area contributed by atoms with Gasteiger partial charge in [-0.25, -0.2) is 15.0 Å². The third-order valence-corrected chi connectivity index (χ3v) is 4.71. The number of alkyl halides is 3. The van der Waals surface area contributed by atoms with Crippen molar-refractivity contribution < 1.29 is 23.0 Å². The summed E-state index contributed by atoms with van der Waals surface area (Å²) < 4.78 is 46.3. The van der Waals surface area contributed by atoms with Gasteiger partial charge in [-0.1, -0.05) is 0 Å². The van der Waals surface area contributed by atoms with Crippen molar-refractivity contribution >= 4 is 11.3 Å². The van der Waals surface area contributed by atoms with E-state index in [0.717, 1.165) is 0 Å². The van der Waals surface area contributed by atoms with Crippen LogP contribution >= 0.6 is 11.3 Å². The molecule has 0 amide bonds. The maximum absolute atomic E-state index is 13.7. The van der Waals surface area contributed by atoms with Crippen LogP contribution in [0, 0.1) is 20.8 Å². The van der Waals surface area contributed by atoms with Crippen molar-refractivity contribution in [3.63, 3.8) is 0 Å². The topological polar surface area (TPSA) is 68.1 Å². The normalized spacial score (nSPS) is 11.7. The van der Waals surface area contributed by atoms with E-state index in [0.29, 0.717) is 16.3 Å². The van der Waals surface area contributed by atoms with Crippen LogP contribution in [0.2, 0.25) is 0 Å². The Bertz CT molecular complexity index is 1020. The van der Waals surface area contributed by atoms with E-state index in [1.54, 1.807) is 19.9 Å². The fourth-order valence-electron chi connectivity index (χ4n) is 2.78. The molecule has 0 spiro atoms. The summed E-state index contributed by atoms with van der Waals surface area (Å²) in [7, 11) is 1.45. The molecule has 2 heterocycles. The highest BCUT2D eigenvalue weighted by molar-refractivity contribution is 7.09. The van der Waals surface area contributed by atoms with E-state index in [1.165, 1.54) is 36.8 Å². The summed E-state index contributed by atoms with van der Waals surface area (Å²) >= 11 is 1.22. The molecule has 0 aliphatic heterocycles. The minimum Gasteiger partial charge on any atom is -0.507 e. The molecule has 9 heteroatoms. The largest absolute Gasteiger partial charge is 0.507 e. The van der Waals surface area contributed by atoms with E-state index >= 15 is 0 Å². The lowest BCUT2D eigenvalue weighted by molar-refractivity contribution is -0.140. The highest BCUT2D eigenvalue weighted by Gasteiger charge is 2.39. The van der Waals surface area contributed by atoms with Crippen LogP contribution in [0.15, 0.2) is 17.5 Å². The van der Waals surface area contributed by atoms with E-state index in [2.05, 4.69) is 15.0 Å². The van der Waals surface area contributed by atoms with Gasteiger partial charge < -0.3 is 9.84 Å². The van der Waals surface area contributed by atoms with Gasteiger partial charge in [0.15, 0.2) is 5.69 Å². The molecule has 0 saturated heterocycles. The van der Waals surface area contributed by atoms with Gasteiger partial charge in [-0.3, -0.25) is 0 Å². The van der Waals surface area contributed by atoms with Crippen molar-refractivity contribution in [2.24, 2.45) is 0 Å². The molecule has 1 aromatic carbocycles. The molecular formula is C18H16F3N3O2S. The molecule has 0 aliphatic carbocycles. The monoisotopic (exact) mass is 395 g/mol. The Morgan fingerprint density at radius 1 is 1.07 bits per heavy atom. The number of halogens is 3. The molecule has 142 valence electrons. The molecule has 0 radical (unpaired) electrons. The number of aromatic hydroxyl groups is 1. The molecule has 0 unspecified atom stereocenters. The van der Waals surface area contributed by atoms with E-state index in [9.17, 15) is 18.3 Å². The van der Waals surface area contributed by atoms with Crippen LogP contribution in [0.5, 0.6) is 11.5 Å². The summed E-state index contributed by atoms with van der Waals surface area (Å²) in [6, 6.07) is 2.89. The van der Waals surface area contributed by atoms with Gasteiger partial charge in [0.05, 0.1) is 29.1 Å². The number of phenols is 1. The van der Waals surface area contributed by atoms with Crippen LogP contribution in [0.25, 0.3) is 22.5 Å². The minimum atomic E-state index is -4.70. The summed E-state index contributed by atoms with van der Waals surface area (Å²) in [5.74, 6) is 0.127. The molecular weight excluding hydrogens is 379 g/mol. The zero-order valence-corrected chi connectivity index (χ0v) is 15.8. The summed E-state index contributed by atoms with van der Waals surface area (Å²) in [6.07, 6.45) is -4.70. The summed E-state index contributed by atoms with van der Waals surface area (Å²) in [4.78, 5) is 12.0. The van der Waals surface area contributed by atoms with Gasteiger partial charge in [-0.15, -0.1) is 11.3 Å². The van der Waals surface area contributed by atoms with Crippen molar-refractivity contribution in [1.29, 1.82) is 0 Å². The van der Waals surface area contributed by atoms with Crippen molar-refractivity contribution in [3.8, 4) is 34.0 Å². The average Bonchev–Trinajstić information content (AvgIpc) is 3.01. The minimum absolute atomic E-state index is 0.0246. The molecule has 1 N–H and O–H groups in total. The summed E-state index contributed by atoms with van der Waals surface area (Å²) in [5.41, 5.74) is -0.433. The van der Waals surface area contributed by atoms with Crippen LogP contribution < -0.4 is 4.74 Å². The van der Waals surface area contributed by atoms with Gasteiger partial charge in [0.2, 0.25) is 0 Å². The summed E-state index contributed by atoms with van der Waals surface area (Å²) in [6.45, 7) is 4.81. The first-order chi connectivity index (χ1) is 12.6. The first-order valence-corrected chi connectivity index (χ1v) is 8.76. The Morgan fingerprint density at radius 3 is 2.33 bits per heavy atom. The maximum Gasteiger partial charge on any atom is 0.434 e. The Hall–Kier alpha value is -2.68. The maximum atomic E-state index is 13.7. The standard InChI is InChI=1S/C18H16F3N3O2S/c1-8-5-11(13(25)6-14(8)26-4)16-15(12-7-27-10(3)24-12)17(18(19,20)21)23-9(2)22-16/h5-7,25H,1-4H3. The number of hydrogen-bond acceptors (Lipinski definition) is 6. The number of rotatable bonds is 3. The van der Waals surface area contributed by atoms with Crippen molar-refractivity contribution in [1.82, 2.24) is 15.0 Å². The number of phenolic OH excluding ortho intramolecular Hbond substituents is 1. The van der Waals surface area contributed by atoms with Crippen LogP contribution in [0.3, 0.4) is 0 Å². The first kappa shape index (κ1) is 19.1. The zero-order chi connectivity index (χ0) is 19.9. The smallest absolute Gasteiger partial charge is 0.434 e. The first-order valence-electron chi connectivity index (χ1n) is 7.88. The molecule has 0 saturated carbocycles. The lowest BCUT2D eigenvalue weighted by Crippen LogP contribution is -2.14. The van der Waals surface area contributed by atoms with Crippen molar-refractivity contribution in [2.75, 3.05) is 7.11 Å². The Morgan fingerprint density at radius 2 is 1.78 bits per heavy atom. The molecule has 0 fully saturated rings. The molecule has 2 aromatic heterocycles. The Labute approximate surface area is 157 Å². The average molecular weight is 395 g/mol. The molecule has 0 bridgehead atoms. The lowest BCUT2D eigenvalue weighted by atomic mass is 9.99. The Balaban J connectivity index is 2.40. The molecule has 27 heavy (non-hydrogen) atoms. The zero-order valence-electron chi connectivity index (χ0n) is 15.0. The predicted molar refractivity (Wildman–Crippen MR) is 96.0 cm³/mol. The van der Waals surface area contributed by atoms with Crippen molar-refractivity contribution in [2.45, 2.75) is 26.9 Å². The number of ether oxygens (including phenoxy) is 1. The van der Waals surface area contributed by atoms with E-state index < -0.39 is 11.9 Å². The second-order valence-corrected chi connectivity index (χ2v) is 6.99. The number of benzene rings is 1. The molecule has 5 nitrogen and oxygen atoms in total. The van der Waals surface area contributed by atoms with Crippen LogP contribution in [-0.4, -0.2) is 27.2 Å². The predicted octanol–water partition coefficient (Wildman–Crippen LogP) is 4.93. The van der Waals surface area contributed by atoms with Crippen LogP contribution in [0.1, 0.15) is 22.1 Å². The van der Waals surface area contributed by atoms with Gasteiger partial charge in [0.1, 0.15) is 17.3 Å². The van der Waals surface area contributed by atoms with E-state index in [1.807, 2.05) is 0 Å². The van der Waals surface area contributed by atoms with E-state index in [-0.39, 0.29) is 34.1 Å². The second kappa shape index (κ2) is 6.80. The number of nitrogens with zero attached hydrogens (tertiary/aromatic N) is 3. The lowest BCUT2D eigenvalue weighted by Gasteiger charge is -2.17. The third-order valence-electron chi connectivity index (χ3n) is 3.93. The fourth-order valence-corrected chi connectivity index (χ4v) is 3.38. The third kappa shape index (κ3) is 3.59. The number of hydrogen-bond donors (Lipinski definition) is 1. The van der Waals surface area contributed by atoms with Crippen molar-refractivity contribution in [3.05, 3.63) is 39.6 Å². The van der Waals surface area contributed by atoms with Crippen LogP contribution in [-0.2, 0) is 6.18 Å². The van der Waals surface area contributed by atoms with Gasteiger partial charge in [0.25, 0.3) is 0 Å². The number of thiazole rings is 1. The Kier molecular flexibility index (Phi) is 4.81. The van der Waals surface area contributed by atoms with E-state index in [4.69, 9.17) is 4.74 Å². The molecule has 0 aliphatic rings. The highest BCUT2D eigenvalue weighted by atomic mass is 32.1. The quantitative estimate of drug-likeness (QED) is 0.681.